The minimum absolute atomic E-state index is 0.0263. The van der Waals surface area contributed by atoms with Crippen molar-refractivity contribution < 1.29 is 22.7 Å². The maximum Gasteiger partial charge on any atom is 0.338 e. The SMILES string of the molecule is COc1ccc(CCOC(=O)c2cccc(S(=O)(=O)N(C)c3ccccc3)c2)cc1. The van der Waals surface area contributed by atoms with Crippen molar-refractivity contribution in [3.05, 3.63) is 90.0 Å². The number of hydrogen-bond donors (Lipinski definition) is 0. The Morgan fingerprint density at radius 1 is 0.933 bits per heavy atom. The maximum atomic E-state index is 12.9. The van der Waals surface area contributed by atoms with E-state index in [0.717, 1.165) is 11.3 Å². The summed E-state index contributed by atoms with van der Waals surface area (Å²) in [7, 11) is -0.728. The minimum Gasteiger partial charge on any atom is -0.497 e. The number of ether oxygens (including phenoxy) is 2. The summed E-state index contributed by atoms with van der Waals surface area (Å²) in [6, 6.07) is 22.1. The van der Waals surface area contributed by atoms with Crippen molar-refractivity contribution in [2.75, 3.05) is 25.1 Å². The van der Waals surface area contributed by atoms with Gasteiger partial charge in [-0.2, -0.15) is 0 Å². The highest BCUT2D eigenvalue weighted by atomic mass is 32.2. The van der Waals surface area contributed by atoms with Crippen LogP contribution in [0.1, 0.15) is 15.9 Å². The first-order chi connectivity index (χ1) is 14.4. The van der Waals surface area contributed by atoms with E-state index in [1.54, 1.807) is 31.4 Å². The largest absolute Gasteiger partial charge is 0.497 e. The third kappa shape index (κ3) is 4.99. The van der Waals surface area contributed by atoms with Gasteiger partial charge in [-0.25, -0.2) is 13.2 Å². The molecule has 7 heteroatoms. The van der Waals surface area contributed by atoms with Gasteiger partial charge in [0.1, 0.15) is 5.75 Å². The van der Waals surface area contributed by atoms with Crippen LogP contribution >= 0.6 is 0 Å². The van der Waals surface area contributed by atoms with Gasteiger partial charge in [0.2, 0.25) is 0 Å². The lowest BCUT2D eigenvalue weighted by Crippen LogP contribution is -2.26. The second-order valence-corrected chi connectivity index (χ2v) is 8.54. The van der Waals surface area contributed by atoms with Crippen LogP contribution in [0.15, 0.2) is 83.8 Å². The number of carbonyl (C=O) groups is 1. The Hall–Kier alpha value is -3.32. The zero-order valence-corrected chi connectivity index (χ0v) is 17.6. The molecule has 0 saturated heterocycles. The molecule has 0 spiro atoms. The molecule has 0 amide bonds. The number of sulfonamides is 1. The first kappa shape index (κ1) is 21.4. The third-order valence-corrected chi connectivity index (χ3v) is 6.41. The van der Waals surface area contributed by atoms with E-state index in [0.29, 0.717) is 12.1 Å². The predicted molar refractivity (Wildman–Crippen MR) is 115 cm³/mol. The molecule has 0 atom stereocenters. The molecular weight excluding hydrogens is 402 g/mol. The average molecular weight is 426 g/mol. The molecule has 156 valence electrons. The molecule has 0 aliphatic heterocycles. The number of para-hydroxylation sites is 1. The average Bonchev–Trinajstić information content (AvgIpc) is 2.79. The van der Waals surface area contributed by atoms with E-state index < -0.39 is 16.0 Å². The highest BCUT2D eigenvalue weighted by Crippen LogP contribution is 2.22. The van der Waals surface area contributed by atoms with E-state index in [1.165, 1.54) is 35.6 Å². The van der Waals surface area contributed by atoms with Gasteiger partial charge in [0, 0.05) is 13.5 Å². The number of benzene rings is 3. The maximum absolute atomic E-state index is 12.9. The molecule has 0 unspecified atom stereocenters. The summed E-state index contributed by atoms with van der Waals surface area (Å²) in [5.41, 5.74) is 1.72. The number of anilines is 1. The number of rotatable bonds is 8. The Labute approximate surface area is 176 Å². The lowest BCUT2D eigenvalue weighted by Gasteiger charge is -2.19. The van der Waals surface area contributed by atoms with Crippen molar-refractivity contribution >= 4 is 21.7 Å². The summed E-state index contributed by atoms with van der Waals surface area (Å²) in [4.78, 5) is 12.4. The molecule has 0 radical (unpaired) electrons. The molecule has 0 aliphatic rings. The van der Waals surface area contributed by atoms with Gasteiger partial charge in [0.25, 0.3) is 10.0 Å². The van der Waals surface area contributed by atoms with Gasteiger partial charge in [-0.3, -0.25) is 4.31 Å². The second-order valence-electron chi connectivity index (χ2n) is 6.57. The number of carbonyl (C=O) groups excluding carboxylic acids is 1. The Morgan fingerprint density at radius 3 is 2.30 bits per heavy atom. The normalized spacial score (nSPS) is 11.0. The summed E-state index contributed by atoms with van der Waals surface area (Å²) in [6.45, 7) is 0.187. The van der Waals surface area contributed by atoms with Crippen molar-refractivity contribution in [1.29, 1.82) is 0 Å². The second kappa shape index (κ2) is 9.45. The zero-order valence-electron chi connectivity index (χ0n) is 16.8. The van der Waals surface area contributed by atoms with Gasteiger partial charge in [-0.15, -0.1) is 0 Å². The van der Waals surface area contributed by atoms with Crippen molar-refractivity contribution in [1.82, 2.24) is 0 Å². The van der Waals surface area contributed by atoms with Gasteiger partial charge in [-0.1, -0.05) is 36.4 Å². The van der Waals surface area contributed by atoms with E-state index in [1.807, 2.05) is 30.3 Å². The van der Waals surface area contributed by atoms with E-state index in [-0.39, 0.29) is 17.1 Å². The predicted octanol–water partition coefficient (Wildman–Crippen LogP) is 3.92. The van der Waals surface area contributed by atoms with Gasteiger partial charge < -0.3 is 9.47 Å². The van der Waals surface area contributed by atoms with E-state index in [4.69, 9.17) is 9.47 Å². The first-order valence-corrected chi connectivity index (χ1v) is 10.8. The topological polar surface area (TPSA) is 72.9 Å². The zero-order chi connectivity index (χ0) is 21.6. The van der Waals surface area contributed by atoms with Crippen LogP contribution in [0.3, 0.4) is 0 Å². The highest BCUT2D eigenvalue weighted by molar-refractivity contribution is 7.92. The van der Waals surface area contributed by atoms with Gasteiger partial charge in [0.05, 0.1) is 29.9 Å². The van der Waals surface area contributed by atoms with Crippen LogP contribution in [0.25, 0.3) is 0 Å². The van der Waals surface area contributed by atoms with Crippen LogP contribution in [-0.2, 0) is 21.2 Å². The molecule has 0 fully saturated rings. The van der Waals surface area contributed by atoms with Gasteiger partial charge in [-0.05, 0) is 48.0 Å². The van der Waals surface area contributed by atoms with Crippen molar-refractivity contribution in [2.24, 2.45) is 0 Å². The summed E-state index contributed by atoms with van der Waals surface area (Å²) in [5, 5.41) is 0. The fourth-order valence-corrected chi connectivity index (χ4v) is 4.10. The summed E-state index contributed by atoms with van der Waals surface area (Å²) in [5.74, 6) is 0.192. The molecule has 3 aromatic rings. The quantitative estimate of drug-likeness (QED) is 0.512. The van der Waals surface area contributed by atoms with Gasteiger partial charge in [0.15, 0.2) is 0 Å². The lowest BCUT2D eigenvalue weighted by atomic mass is 10.1. The Balaban J connectivity index is 1.67. The highest BCUT2D eigenvalue weighted by Gasteiger charge is 2.22. The summed E-state index contributed by atoms with van der Waals surface area (Å²) in [6.07, 6.45) is 0.546. The smallest absolute Gasteiger partial charge is 0.338 e. The van der Waals surface area contributed by atoms with E-state index >= 15 is 0 Å². The molecule has 6 nitrogen and oxygen atoms in total. The Kier molecular flexibility index (Phi) is 6.74. The molecule has 0 heterocycles. The molecule has 3 aromatic carbocycles. The fraction of sp³-hybridized carbons (Fsp3) is 0.174. The standard InChI is InChI=1S/C23H23NO5S/c1-24(20-8-4-3-5-9-20)30(26,27)22-10-6-7-19(17-22)23(25)29-16-15-18-11-13-21(28-2)14-12-18/h3-14,17H,15-16H2,1-2H3. The van der Waals surface area contributed by atoms with Crippen LogP contribution in [-0.4, -0.2) is 35.2 Å². The van der Waals surface area contributed by atoms with Crippen LogP contribution in [0.4, 0.5) is 5.69 Å². The van der Waals surface area contributed by atoms with Crippen LogP contribution < -0.4 is 9.04 Å². The van der Waals surface area contributed by atoms with E-state index in [9.17, 15) is 13.2 Å². The third-order valence-electron chi connectivity index (χ3n) is 4.63. The fourth-order valence-electron chi connectivity index (χ4n) is 2.86. The first-order valence-electron chi connectivity index (χ1n) is 9.36. The van der Waals surface area contributed by atoms with E-state index in [2.05, 4.69) is 0 Å². The molecule has 0 bridgehead atoms. The Bertz CT molecular complexity index is 1100. The number of esters is 1. The van der Waals surface area contributed by atoms with Crippen molar-refractivity contribution in [3.8, 4) is 5.75 Å². The molecule has 30 heavy (non-hydrogen) atoms. The number of nitrogens with zero attached hydrogens (tertiary/aromatic N) is 1. The van der Waals surface area contributed by atoms with Crippen LogP contribution in [0.2, 0.25) is 0 Å². The number of hydrogen-bond acceptors (Lipinski definition) is 5. The van der Waals surface area contributed by atoms with Crippen molar-refractivity contribution in [2.45, 2.75) is 11.3 Å². The monoisotopic (exact) mass is 425 g/mol. The molecular formula is C23H23NO5S. The molecule has 3 rings (SSSR count). The van der Waals surface area contributed by atoms with Gasteiger partial charge >= 0.3 is 5.97 Å². The summed E-state index contributed by atoms with van der Waals surface area (Å²) >= 11 is 0. The minimum atomic E-state index is -3.80. The van der Waals surface area contributed by atoms with Crippen LogP contribution in [0, 0.1) is 0 Å². The Morgan fingerprint density at radius 2 is 1.63 bits per heavy atom. The number of methoxy groups -OCH3 is 1. The molecule has 0 aliphatic carbocycles. The van der Waals surface area contributed by atoms with Crippen molar-refractivity contribution in [3.63, 3.8) is 0 Å². The van der Waals surface area contributed by atoms with Crippen LogP contribution in [0.5, 0.6) is 5.75 Å². The molecule has 0 N–H and O–H groups in total. The summed E-state index contributed by atoms with van der Waals surface area (Å²) < 4.78 is 37.5. The molecule has 0 aromatic heterocycles. The lowest BCUT2D eigenvalue weighted by molar-refractivity contribution is 0.0509. The molecule has 0 saturated carbocycles.